The molecule has 0 heterocycles. The standard InChI is InChI=1S/C17H21NO/c1-13-4-5-15-11-16(7-6-14(15)10-13)17(2,3)12-18-8-9-19/h4-7,9-11,18H,8,12H2,1-3H3. The van der Waals surface area contributed by atoms with Crippen molar-refractivity contribution in [3.63, 3.8) is 0 Å². The fraction of sp³-hybridized carbons (Fsp3) is 0.353. The van der Waals surface area contributed by atoms with Crippen LogP contribution in [0.1, 0.15) is 25.0 Å². The van der Waals surface area contributed by atoms with Gasteiger partial charge in [-0.25, -0.2) is 0 Å². The molecule has 0 aliphatic rings. The Kier molecular flexibility index (Phi) is 4.01. The fourth-order valence-electron chi connectivity index (χ4n) is 2.33. The summed E-state index contributed by atoms with van der Waals surface area (Å²) in [5, 5.41) is 5.71. The van der Waals surface area contributed by atoms with Crippen LogP contribution in [-0.4, -0.2) is 19.4 Å². The van der Waals surface area contributed by atoms with Gasteiger partial charge in [-0.15, -0.1) is 0 Å². The number of fused-ring (bicyclic) bond motifs is 1. The van der Waals surface area contributed by atoms with Crippen LogP contribution >= 0.6 is 0 Å². The predicted octanol–water partition coefficient (Wildman–Crippen LogP) is 3.21. The number of rotatable bonds is 5. The van der Waals surface area contributed by atoms with E-state index >= 15 is 0 Å². The van der Waals surface area contributed by atoms with Crippen molar-refractivity contribution in [1.29, 1.82) is 0 Å². The summed E-state index contributed by atoms with van der Waals surface area (Å²) in [7, 11) is 0. The van der Waals surface area contributed by atoms with Gasteiger partial charge in [0.15, 0.2) is 0 Å². The van der Waals surface area contributed by atoms with Crippen molar-refractivity contribution in [1.82, 2.24) is 5.32 Å². The number of aryl methyl sites for hydroxylation is 1. The van der Waals surface area contributed by atoms with Gasteiger partial charge >= 0.3 is 0 Å². The molecule has 0 aromatic heterocycles. The highest BCUT2D eigenvalue weighted by atomic mass is 16.1. The van der Waals surface area contributed by atoms with E-state index in [1.54, 1.807) is 0 Å². The van der Waals surface area contributed by atoms with Crippen LogP contribution in [0.5, 0.6) is 0 Å². The summed E-state index contributed by atoms with van der Waals surface area (Å²) in [4.78, 5) is 10.4. The molecule has 0 radical (unpaired) electrons. The summed E-state index contributed by atoms with van der Waals surface area (Å²) >= 11 is 0. The van der Waals surface area contributed by atoms with Crippen molar-refractivity contribution in [3.8, 4) is 0 Å². The third-order valence-electron chi connectivity index (χ3n) is 3.57. The molecule has 1 N–H and O–H groups in total. The van der Waals surface area contributed by atoms with Crippen LogP contribution in [0, 0.1) is 6.92 Å². The average molecular weight is 255 g/mol. The van der Waals surface area contributed by atoms with Crippen molar-refractivity contribution in [2.24, 2.45) is 0 Å². The summed E-state index contributed by atoms with van der Waals surface area (Å²) in [5.41, 5.74) is 2.59. The first-order chi connectivity index (χ1) is 9.03. The van der Waals surface area contributed by atoms with Gasteiger partial charge in [-0.2, -0.15) is 0 Å². The van der Waals surface area contributed by atoms with Gasteiger partial charge in [-0.3, -0.25) is 0 Å². The molecule has 0 aliphatic heterocycles. The Bertz CT molecular complexity index is 587. The molecule has 2 rings (SSSR count). The van der Waals surface area contributed by atoms with Crippen LogP contribution in [0.3, 0.4) is 0 Å². The van der Waals surface area contributed by atoms with Crippen LogP contribution in [0.15, 0.2) is 36.4 Å². The zero-order valence-electron chi connectivity index (χ0n) is 11.9. The maximum atomic E-state index is 10.4. The second-order valence-corrected chi connectivity index (χ2v) is 5.75. The van der Waals surface area contributed by atoms with Gasteiger partial charge in [0.25, 0.3) is 0 Å². The van der Waals surface area contributed by atoms with Crippen molar-refractivity contribution in [2.45, 2.75) is 26.2 Å². The van der Waals surface area contributed by atoms with Crippen molar-refractivity contribution in [3.05, 3.63) is 47.5 Å². The molecule has 19 heavy (non-hydrogen) atoms. The van der Waals surface area contributed by atoms with Gasteiger partial charge in [0, 0.05) is 12.0 Å². The Balaban J connectivity index is 2.29. The number of aldehydes is 1. The van der Waals surface area contributed by atoms with Crippen molar-refractivity contribution >= 4 is 17.1 Å². The number of hydrogen-bond acceptors (Lipinski definition) is 2. The molecular weight excluding hydrogens is 234 g/mol. The Labute approximate surface area is 114 Å². The summed E-state index contributed by atoms with van der Waals surface area (Å²) < 4.78 is 0. The zero-order valence-corrected chi connectivity index (χ0v) is 11.9. The van der Waals surface area contributed by atoms with Crippen molar-refractivity contribution in [2.75, 3.05) is 13.1 Å². The topological polar surface area (TPSA) is 29.1 Å². The average Bonchev–Trinajstić information content (AvgIpc) is 2.38. The lowest BCUT2D eigenvalue weighted by Crippen LogP contribution is -2.33. The van der Waals surface area contributed by atoms with Crippen LogP contribution < -0.4 is 5.32 Å². The molecule has 0 saturated heterocycles. The number of carbonyl (C=O) groups is 1. The predicted molar refractivity (Wildman–Crippen MR) is 80.6 cm³/mol. The lowest BCUT2D eigenvalue weighted by molar-refractivity contribution is -0.107. The van der Waals surface area contributed by atoms with E-state index in [1.165, 1.54) is 21.9 Å². The largest absolute Gasteiger partial charge is 0.309 e. The van der Waals surface area contributed by atoms with Gasteiger partial charge < -0.3 is 10.1 Å². The molecule has 2 nitrogen and oxygen atoms in total. The monoisotopic (exact) mass is 255 g/mol. The van der Waals surface area contributed by atoms with Crippen LogP contribution in [-0.2, 0) is 10.2 Å². The quantitative estimate of drug-likeness (QED) is 0.656. The minimum atomic E-state index is 0.0160. The molecule has 0 spiro atoms. The first-order valence-corrected chi connectivity index (χ1v) is 6.68. The molecule has 2 heteroatoms. The number of nitrogens with one attached hydrogen (secondary N) is 1. The summed E-state index contributed by atoms with van der Waals surface area (Å²) in [5.74, 6) is 0. The molecule has 100 valence electrons. The zero-order chi connectivity index (χ0) is 13.9. The lowest BCUT2D eigenvalue weighted by atomic mass is 9.83. The van der Waals surface area contributed by atoms with E-state index in [2.05, 4.69) is 62.5 Å². The van der Waals surface area contributed by atoms with Crippen LogP contribution in [0.4, 0.5) is 0 Å². The van der Waals surface area contributed by atoms with E-state index in [4.69, 9.17) is 0 Å². The molecule has 0 saturated carbocycles. The number of hydrogen-bond donors (Lipinski definition) is 1. The SMILES string of the molecule is Cc1ccc2cc(C(C)(C)CNCC=O)ccc2c1. The maximum Gasteiger partial charge on any atom is 0.133 e. The van der Waals surface area contributed by atoms with Gasteiger partial charge in [0.2, 0.25) is 0 Å². The minimum absolute atomic E-state index is 0.0160. The highest BCUT2D eigenvalue weighted by Gasteiger charge is 2.20. The normalized spacial score (nSPS) is 11.7. The minimum Gasteiger partial charge on any atom is -0.309 e. The van der Waals surface area contributed by atoms with E-state index in [0.29, 0.717) is 6.54 Å². The molecular formula is C17H21NO. The first kappa shape index (κ1) is 13.8. The molecule has 0 bridgehead atoms. The molecule has 0 amide bonds. The fourth-order valence-corrected chi connectivity index (χ4v) is 2.33. The molecule has 0 unspecified atom stereocenters. The van der Waals surface area contributed by atoms with E-state index in [9.17, 15) is 4.79 Å². The molecule has 0 aliphatic carbocycles. The van der Waals surface area contributed by atoms with Gasteiger partial charge in [0.1, 0.15) is 6.29 Å². The molecule has 2 aromatic rings. The van der Waals surface area contributed by atoms with Crippen LogP contribution in [0.25, 0.3) is 10.8 Å². The Hall–Kier alpha value is -1.67. The molecule has 0 fully saturated rings. The third kappa shape index (κ3) is 3.21. The highest BCUT2D eigenvalue weighted by molar-refractivity contribution is 5.84. The highest BCUT2D eigenvalue weighted by Crippen LogP contribution is 2.26. The van der Waals surface area contributed by atoms with E-state index in [0.717, 1.165) is 12.8 Å². The van der Waals surface area contributed by atoms with Gasteiger partial charge in [-0.05, 0) is 23.3 Å². The van der Waals surface area contributed by atoms with Crippen molar-refractivity contribution < 1.29 is 4.79 Å². The lowest BCUT2D eigenvalue weighted by Gasteiger charge is -2.25. The summed E-state index contributed by atoms with van der Waals surface area (Å²) in [6.45, 7) is 7.71. The third-order valence-corrected chi connectivity index (χ3v) is 3.57. The maximum absolute atomic E-state index is 10.4. The smallest absolute Gasteiger partial charge is 0.133 e. The Morgan fingerprint density at radius 2 is 1.79 bits per heavy atom. The second-order valence-electron chi connectivity index (χ2n) is 5.75. The van der Waals surface area contributed by atoms with E-state index in [-0.39, 0.29) is 5.41 Å². The number of carbonyl (C=O) groups excluding carboxylic acids is 1. The second kappa shape index (κ2) is 5.54. The number of benzene rings is 2. The van der Waals surface area contributed by atoms with E-state index in [1.807, 2.05) is 0 Å². The first-order valence-electron chi connectivity index (χ1n) is 6.68. The summed E-state index contributed by atoms with van der Waals surface area (Å²) in [6.07, 6.45) is 0.902. The Morgan fingerprint density at radius 3 is 2.53 bits per heavy atom. The molecule has 0 atom stereocenters. The molecule has 2 aromatic carbocycles. The van der Waals surface area contributed by atoms with Gasteiger partial charge in [0.05, 0.1) is 6.54 Å². The van der Waals surface area contributed by atoms with Crippen LogP contribution in [0.2, 0.25) is 0 Å². The summed E-state index contributed by atoms with van der Waals surface area (Å²) in [6, 6.07) is 13.1. The van der Waals surface area contributed by atoms with Gasteiger partial charge in [-0.1, -0.05) is 55.8 Å². The Morgan fingerprint density at radius 1 is 1.11 bits per heavy atom. The van der Waals surface area contributed by atoms with E-state index < -0.39 is 0 Å².